The number of fused-ring (bicyclic) bond motifs is 2. The fourth-order valence-corrected chi connectivity index (χ4v) is 3.22. The normalized spacial score (nSPS) is 22.5. The lowest BCUT2D eigenvalue weighted by Crippen LogP contribution is -2.40. The summed E-state index contributed by atoms with van der Waals surface area (Å²) in [4.78, 5) is 18.5. The Hall–Kier alpha value is -2.68. The molecule has 2 amide bonds. The van der Waals surface area contributed by atoms with Crippen LogP contribution in [0.1, 0.15) is 12.5 Å². The van der Waals surface area contributed by atoms with Crippen LogP contribution in [-0.2, 0) is 0 Å². The molecule has 1 unspecified atom stereocenters. The van der Waals surface area contributed by atoms with Crippen LogP contribution < -0.4 is 0 Å². The van der Waals surface area contributed by atoms with Crippen LogP contribution in [0.15, 0.2) is 82.5 Å². The zero-order chi connectivity index (χ0) is 15.1. The van der Waals surface area contributed by atoms with Crippen LogP contribution in [0.2, 0.25) is 0 Å². The Balaban J connectivity index is 1.88. The lowest BCUT2D eigenvalue weighted by Gasteiger charge is -2.35. The summed E-state index contributed by atoms with van der Waals surface area (Å²) >= 11 is 0. The van der Waals surface area contributed by atoms with Crippen LogP contribution in [-0.4, -0.2) is 23.2 Å². The van der Waals surface area contributed by atoms with Crippen LogP contribution in [0.5, 0.6) is 0 Å². The number of hydrogen-bond acceptors (Lipinski definition) is 1. The highest BCUT2D eigenvalue weighted by atomic mass is 16.2. The van der Waals surface area contributed by atoms with E-state index < -0.39 is 0 Å². The van der Waals surface area contributed by atoms with Crippen LogP contribution in [0.25, 0.3) is 0 Å². The number of hydrogen-bond donors (Lipinski definition) is 0. The van der Waals surface area contributed by atoms with Crippen molar-refractivity contribution >= 4 is 11.7 Å². The number of carbonyl (C=O) groups is 1. The summed E-state index contributed by atoms with van der Waals surface area (Å²) in [5, 5.41) is 0. The molecule has 0 N–H and O–H groups in total. The molecule has 2 aliphatic carbocycles. The molecule has 0 radical (unpaired) electrons. The zero-order valence-corrected chi connectivity index (χ0v) is 12.4. The van der Waals surface area contributed by atoms with Crippen LogP contribution >= 0.6 is 0 Å². The van der Waals surface area contributed by atoms with Crippen molar-refractivity contribution < 1.29 is 4.79 Å². The van der Waals surface area contributed by atoms with Gasteiger partial charge in [0.15, 0.2) is 0 Å². The lowest BCUT2D eigenvalue weighted by molar-refractivity contribution is 0.218. The molecule has 22 heavy (non-hydrogen) atoms. The third kappa shape index (κ3) is 1.90. The van der Waals surface area contributed by atoms with Crippen molar-refractivity contribution in [1.82, 2.24) is 4.90 Å². The highest BCUT2D eigenvalue weighted by Gasteiger charge is 2.35. The highest BCUT2D eigenvalue weighted by molar-refractivity contribution is 6.12. The van der Waals surface area contributed by atoms with Gasteiger partial charge in [0.05, 0.1) is 11.6 Å². The molecule has 3 nitrogen and oxygen atoms in total. The van der Waals surface area contributed by atoms with Gasteiger partial charge in [-0.05, 0) is 29.7 Å². The second kappa shape index (κ2) is 4.95. The molecular weight excluding hydrogens is 272 g/mol. The van der Waals surface area contributed by atoms with Crippen molar-refractivity contribution in [3.05, 3.63) is 83.1 Å². The zero-order valence-electron chi connectivity index (χ0n) is 12.4. The molecule has 3 heteroatoms. The Morgan fingerprint density at radius 3 is 2.77 bits per heavy atom. The predicted molar refractivity (Wildman–Crippen MR) is 87.6 cm³/mol. The molecule has 108 valence electrons. The number of rotatable bonds is 2. The molecule has 1 aliphatic heterocycles. The first kappa shape index (κ1) is 13.0. The number of allylic oxidation sites excluding steroid dienone is 7. The first-order valence-corrected chi connectivity index (χ1v) is 7.55. The molecule has 3 aliphatic rings. The highest BCUT2D eigenvalue weighted by Crippen LogP contribution is 2.37. The quantitative estimate of drug-likeness (QED) is 0.813. The minimum absolute atomic E-state index is 0.0370. The minimum atomic E-state index is -0.174. The maximum atomic E-state index is 12.4. The van der Waals surface area contributed by atoms with E-state index in [1.165, 1.54) is 11.1 Å². The van der Waals surface area contributed by atoms with Crippen LogP contribution in [0.3, 0.4) is 0 Å². The van der Waals surface area contributed by atoms with E-state index >= 15 is 0 Å². The Kier molecular flexibility index (Phi) is 2.93. The fraction of sp³-hybridized carbons (Fsp3) is 0.158. The standard InChI is InChI=1S/C19H16N2O/c1-2-21-17-12-15-10-6-9-14(15)11-16(17)18(20-19(21)22)13-7-4-3-5-8-13/h3-12,16H,2H2,1H3. The van der Waals surface area contributed by atoms with Gasteiger partial charge in [0.2, 0.25) is 0 Å². The van der Waals surface area contributed by atoms with Crippen molar-refractivity contribution in [2.45, 2.75) is 6.92 Å². The van der Waals surface area contributed by atoms with Gasteiger partial charge in [-0.2, -0.15) is 4.99 Å². The van der Waals surface area contributed by atoms with Gasteiger partial charge in [-0.1, -0.05) is 54.6 Å². The largest absolute Gasteiger partial charge is 0.348 e. The molecule has 0 aromatic heterocycles. The number of nitrogens with zero attached hydrogens (tertiary/aromatic N) is 2. The summed E-state index contributed by atoms with van der Waals surface area (Å²) in [7, 11) is 0. The number of benzene rings is 1. The van der Waals surface area contributed by atoms with Gasteiger partial charge in [-0.3, -0.25) is 4.90 Å². The predicted octanol–water partition coefficient (Wildman–Crippen LogP) is 3.87. The maximum absolute atomic E-state index is 12.4. The molecule has 0 bridgehead atoms. The first-order chi connectivity index (χ1) is 10.8. The summed E-state index contributed by atoms with van der Waals surface area (Å²) in [6.45, 7) is 2.62. The third-order valence-electron chi connectivity index (χ3n) is 4.29. The lowest BCUT2D eigenvalue weighted by atomic mass is 9.84. The Morgan fingerprint density at radius 1 is 1.18 bits per heavy atom. The summed E-state index contributed by atoms with van der Waals surface area (Å²) in [6, 6.07) is 9.79. The first-order valence-electron chi connectivity index (χ1n) is 7.55. The average Bonchev–Trinajstić information content (AvgIpc) is 3.00. The fourth-order valence-electron chi connectivity index (χ4n) is 3.22. The van der Waals surface area contributed by atoms with Gasteiger partial charge in [-0.25, -0.2) is 4.79 Å². The van der Waals surface area contributed by atoms with Crippen LogP contribution in [0.4, 0.5) is 4.79 Å². The monoisotopic (exact) mass is 288 g/mol. The topological polar surface area (TPSA) is 32.7 Å². The van der Waals surface area contributed by atoms with Crippen molar-refractivity contribution in [1.29, 1.82) is 0 Å². The van der Waals surface area contributed by atoms with Gasteiger partial charge < -0.3 is 0 Å². The SMILES string of the molecule is CCN1C(=O)N=C(c2ccccc2)C2C=C3C=CC=C3C=C21. The van der Waals surface area contributed by atoms with Crippen molar-refractivity contribution in [3.63, 3.8) is 0 Å². The molecule has 4 rings (SSSR count). The van der Waals surface area contributed by atoms with E-state index in [0.717, 1.165) is 17.0 Å². The van der Waals surface area contributed by atoms with Gasteiger partial charge >= 0.3 is 6.03 Å². The number of amides is 2. The summed E-state index contributed by atoms with van der Waals surface area (Å²) in [5.41, 5.74) is 5.26. The number of aliphatic imine (C=N–C) groups is 1. The molecule has 1 aromatic rings. The number of carbonyl (C=O) groups excluding carboxylic acids is 1. The van der Waals surface area contributed by atoms with Gasteiger partial charge in [-0.15, -0.1) is 0 Å². The summed E-state index contributed by atoms with van der Waals surface area (Å²) in [5.74, 6) is 0.0370. The van der Waals surface area contributed by atoms with Crippen molar-refractivity contribution in [2.75, 3.05) is 6.54 Å². The van der Waals surface area contributed by atoms with E-state index in [2.05, 4.69) is 29.3 Å². The van der Waals surface area contributed by atoms with E-state index in [-0.39, 0.29) is 11.9 Å². The van der Waals surface area contributed by atoms with E-state index in [1.54, 1.807) is 4.90 Å². The molecule has 1 aromatic carbocycles. The molecule has 0 fully saturated rings. The Labute approximate surface area is 129 Å². The molecule has 0 spiro atoms. The maximum Gasteiger partial charge on any atom is 0.348 e. The molecule has 0 saturated heterocycles. The van der Waals surface area contributed by atoms with Gasteiger partial charge in [0.1, 0.15) is 0 Å². The van der Waals surface area contributed by atoms with Crippen molar-refractivity contribution in [2.24, 2.45) is 10.9 Å². The van der Waals surface area contributed by atoms with E-state index in [0.29, 0.717) is 6.54 Å². The van der Waals surface area contributed by atoms with E-state index in [4.69, 9.17) is 0 Å². The van der Waals surface area contributed by atoms with Crippen molar-refractivity contribution in [3.8, 4) is 0 Å². The average molecular weight is 288 g/mol. The second-order valence-electron chi connectivity index (χ2n) is 5.54. The smallest absolute Gasteiger partial charge is 0.296 e. The Morgan fingerprint density at radius 2 is 2.00 bits per heavy atom. The number of urea groups is 1. The molecular formula is C19H16N2O. The van der Waals surface area contributed by atoms with E-state index in [9.17, 15) is 4.79 Å². The van der Waals surface area contributed by atoms with Gasteiger partial charge in [0.25, 0.3) is 0 Å². The molecule has 1 heterocycles. The second-order valence-corrected chi connectivity index (χ2v) is 5.54. The summed E-state index contributed by atoms with van der Waals surface area (Å²) < 4.78 is 0. The third-order valence-corrected chi connectivity index (χ3v) is 4.29. The van der Waals surface area contributed by atoms with Crippen LogP contribution in [0, 0.1) is 5.92 Å². The summed E-state index contributed by atoms with van der Waals surface area (Å²) in [6.07, 6.45) is 10.6. The Bertz CT molecular complexity index is 794. The molecule has 0 saturated carbocycles. The van der Waals surface area contributed by atoms with E-state index in [1.807, 2.05) is 43.3 Å². The molecule has 1 atom stereocenters. The van der Waals surface area contributed by atoms with Gasteiger partial charge in [0, 0.05) is 12.2 Å². The minimum Gasteiger partial charge on any atom is -0.296 e.